The molecule has 0 amide bonds. The van der Waals surface area contributed by atoms with Crippen LogP contribution in [0.2, 0.25) is 0 Å². The van der Waals surface area contributed by atoms with Crippen molar-refractivity contribution in [3.63, 3.8) is 0 Å². The Morgan fingerprint density at radius 3 is 2.33 bits per heavy atom. The Morgan fingerprint density at radius 1 is 1.17 bits per heavy atom. The molecule has 4 nitrogen and oxygen atoms in total. The smallest absolute Gasteiger partial charge is 0.353 e. The van der Waals surface area contributed by atoms with Crippen LogP contribution in [0.25, 0.3) is 5.69 Å². The highest BCUT2D eigenvalue weighted by Crippen LogP contribution is 2.13. The molecule has 18 heavy (non-hydrogen) atoms. The van der Waals surface area contributed by atoms with Gasteiger partial charge in [0.05, 0.1) is 0 Å². The third-order valence-corrected chi connectivity index (χ3v) is 2.58. The number of aromatic carboxylic acids is 1. The average molecular weight is 247 g/mol. The fourth-order valence-electron chi connectivity index (χ4n) is 1.75. The van der Waals surface area contributed by atoms with E-state index in [1.165, 1.54) is 36.4 Å². The van der Waals surface area contributed by atoms with Gasteiger partial charge in [0, 0.05) is 11.8 Å². The molecule has 0 atom stereocenters. The van der Waals surface area contributed by atoms with Crippen LogP contribution in [-0.4, -0.2) is 15.6 Å². The number of benzene rings is 1. The third kappa shape index (κ3) is 2.02. The lowest BCUT2D eigenvalue weighted by molar-refractivity contribution is 0.0686. The van der Waals surface area contributed by atoms with Crippen molar-refractivity contribution < 1.29 is 14.3 Å². The van der Waals surface area contributed by atoms with Crippen LogP contribution in [0.4, 0.5) is 4.39 Å². The van der Waals surface area contributed by atoms with E-state index >= 15 is 0 Å². The largest absolute Gasteiger partial charge is 0.477 e. The number of carboxylic acid groups (broad SMARTS) is 1. The van der Waals surface area contributed by atoms with Crippen molar-refractivity contribution in [3.8, 4) is 5.69 Å². The van der Waals surface area contributed by atoms with Crippen molar-refractivity contribution >= 4 is 5.97 Å². The first-order chi connectivity index (χ1) is 8.50. The van der Waals surface area contributed by atoms with Gasteiger partial charge in [-0.05, 0) is 36.8 Å². The summed E-state index contributed by atoms with van der Waals surface area (Å²) in [5, 5.41) is 9.15. The predicted molar refractivity (Wildman–Crippen MR) is 63.7 cm³/mol. The summed E-state index contributed by atoms with van der Waals surface area (Å²) >= 11 is 0. The Balaban J connectivity index is 2.77. The topological polar surface area (TPSA) is 59.3 Å². The first-order valence-electron chi connectivity index (χ1n) is 5.22. The molecule has 1 heterocycles. The quantitative estimate of drug-likeness (QED) is 0.882. The highest BCUT2D eigenvalue weighted by molar-refractivity contribution is 5.88. The van der Waals surface area contributed by atoms with Gasteiger partial charge in [-0.15, -0.1) is 0 Å². The molecule has 0 aliphatic carbocycles. The molecule has 5 heteroatoms. The van der Waals surface area contributed by atoms with E-state index in [9.17, 15) is 14.0 Å². The Morgan fingerprint density at radius 2 is 1.78 bits per heavy atom. The van der Waals surface area contributed by atoms with Crippen LogP contribution in [-0.2, 0) is 0 Å². The second kappa shape index (κ2) is 4.44. The van der Waals surface area contributed by atoms with E-state index < -0.39 is 17.3 Å². The minimum atomic E-state index is -1.20. The first-order valence-corrected chi connectivity index (χ1v) is 5.22. The van der Waals surface area contributed by atoms with Gasteiger partial charge in [0.25, 0.3) is 5.56 Å². The zero-order valence-corrected chi connectivity index (χ0v) is 9.55. The summed E-state index contributed by atoms with van der Waals surface area (Å²) in [6.45, 7) is 1.60. The highest BCUT2D eigenvalue weighted by Gasteiger charge is 2.15. The van der Waals surface area contributed by atoms with Crippen molar-refractivity contribution in [3.05, 3.63) is 63.8 Å². The summed E-state index contributed by atoms with van der Waals surface area (Å²) in [5.74, 6) is -1.65. The summed E-state index contributed by atoms with van der Waals surface area (Å²) in [4.78, 5) is 23.0. The molecular weight excluding hydrogens is 237 g/mol. The van der Waals surface area contributed by atoms with Gasteiger partial charge in [-0.1, -0.05) is 6.07 Å². The maximum Gasteiger partial charge on any atom is 0.353 e. The van der Waals surface area contributed by atoms with Gasteiger partial charge in [-0.2, -0.15) is 0 Å². The zero-order chi connectivity index (χ0) is 13.3. The number of nitrogens with zero attached hydrogens (tertiary/aromatic N) is 1. The highest BCUT2D eigenvalue weighted by atomic mass is 19.1. The molecule has 0 bridgehead atoms. The number of carbonyl (C=O) groups is 1. The fraction of sp³-hybridized carbons (Fsp3) is 0.0769. The van der Waals surface area contributed by atoms with Crippen molar-refractivity contribution in [2.45, 2.75) is 6.92 Å². The van der Waals surface area contributed by atoms with Crippen LogP contribution >= 0.6 is 0 Å². The number of aryl methyl sites for hydroxylation is 1. The normalized spacial score (nSPS) is 10.3. The Kier molecular flexibility index (Phi) is 2.97. The molecule has 0 saturated heterocycles. The molecule has 1 aromatic carbocycles. The summed E-state index contributed by atoms with van der Waals surface area (Å²) < 4.78 is 13.9. The zero-order valence-electron chi connectivity index (χ0n) is 9.55. The minimum absolute atomic E-state index is 0.117. The standard InChI is InChI=1S/C13H10FNO3/c1-8-2-7-11(16)15(12(8)13(17)18)10-5-3-9(14)4-6-10/h2-7H,1H3,(H,17,18). The lowest BCUT2D eigenvalue weighted by Crippen LogP contribution is -2.24. The molecule has 2 aromatic rings. The van der Waals surface area contributed by atoms with Gasteiger partial charge in [-0.25, -0.2) is 9.18 Å². The van der Waals surface area contributed by atoms with Gasteiger partial charge in [0.15, 0.2) is 0 Å². The van der Waals surface area contributed by atoms with E-state index in [4.69, 9.17) is 5.11 Å². The molecule has 2 rings (SSSR count). The minimum Gasteiger partial charge on any atom is -0.477 e. The first kappa shape index (κ1) is 12.0. The number of carboxylic acids is 1. The van der Waals surface area contributed by atoms with E-state index in [1.54, 1.807) is 6.92 Å². The molecular formula is C13H10FNO3. The van der Waals surface area contributed by atoms with Gasteiger partial charge < -0.3 is 5.11 Å². The van der Waals surface area contributed by atoms with Crippen molar-refractivity contribution in [2.75, 3.05) is 0 Å². The van der Waals surface area contributed by atoms with E-state index in [0.29, 0.717) is 11.3 Å². The van der Waals surface area contributed by atoms with Crippen LogP contribution in [0.1, 0.15) is 16.1 Å². The molecule has 0 radical (unpaired) electrons. The van der Waals surface area contributed by atoms with Gasteiger partial charge in [0.1, 0.15) is 11.5 Å². The number of hydrogen-bond acceptors (Lipinski definition) is 2. The van der Waals surface area contributed by atoms with E-state index in [2.05, 4.69) is 0 Å². The number of pyridine rings is 1. The second-order valence-electron chi connectivity index (χ2n) is 3.82. The van der Waals surface area contributed by atoms with Crippen LogP contribution in [0.5, 0.6) is 0 Å². The predicted octanol–water partition coefficient (Wildman–Crippen LogP) is 1.98. The maximum atomic E-state index is 12.8. The SMILES string of the molecule is Cc1ccc(=O)n(-c2ccc(F)cc2)c1C(=O)O. The molecule has 1 aromatic heterocycles. The Hall–Kier alpha value is -2.43. The lowest BCUT2D eigenvalue weighted by Gasteiger charge is -2.11. The number of halogens is 1. The Labute approximate surface area is 102 Å². The van der Waals surface area contributed by atoms with Gasteiger partial charge in [0.2, 0.25) is 0 Å². The molecule has 0 unspecified atom stereocenters. The van der Waals surface area contributed by atoms with Crippen LogP contribution in [0.15, 0.2) is 41.2 Å². The van der Waals surface area contributed by atoms with Crippen molar-refractivity contribution in [1.29, 1.82) is 0 Å². The molecule has 0 fully saturated rings. The van der Waals surface area contributed by atoms with Crippen molar-refractivity contribution in [2.24, 2.45) is 0 Å². The van der Waals surface area contributed by atoms with E-state index in [-0.39, 0.29) is 5.69 Å². The van der Waals surface area contributed by atoms with Gasteiger partial charge in [-0.3, -0.25) is 9.36 Å². The fourth-order valence-corrected chi connectivity index (χ4v) is 1.75. The third-order valence-electron chi connectivity index (χ3n) is 2.58. The number of hydrogen-bond donors (Lipinski definition) is 1. The molecule has 0 saturated carbocycles. The van der Waals surface area contributed by atoms with Crippen LogP contribution < -0.4 is 5.56 Å². The molecule has 0 spiro atoms. The monoisotopic (exact) mass is 247 g/mol. The maximum absolute atomic E-state index is 12.8. The molecule has 92 valence electrons. The second-order valence-corrected chi connectivity index (χ2v) is 3.82. The lowest BCUT2D eigenvalue weighted by atomic mass is 10.2. The van der Waals surface area contributed by atoms with E-state index in [0.717, 1.165) is 4.57 Å². The summed E-state index contributed by atoms with van der Waals surface area (Å²) in [6.07, 6.45) is 0. The number of aromatic nitrogens is 1. The number of rotatable bonds is 2. The summed E-state index contributed by atoms with van der Waals surface area (Å²) in [6, 6.07) is 7.81. The van der Waals surface area contributed by atoms with Crippen LogP contribution in [0.3, 0.4) is 0 Å². The van der Waals surface area contributed by atoms with Crippen LogP contribution in [0, 0.1) is 12.7 Å². The summed E-state index contributed by atoms with van der Waals surface area (Å²) in [5.41, 5.74) is 0.202. The molecule has 0 aliphatic heterocycles. The molecule has 1 N–H and O–H groups in total. The average Bonchev–Trinajstić information content (AvgIpc) is 2.32. The Bertz CT molecular complexity index is 659. The van der Waals surface area contributed by atoms with Crippen molar-refractivity contribution in [1.82, 2.24) is 4.57 Å². The molecule has 0 aliphatic rings. The van der Waals surface area contributed by atoms with Gasteiger partial charge >= 0.3 is 5.97 Å². The summed E-state index contributed by atoms with van der Waals surface area (Å²) in [7, 11) is 0. The van der Waals surface area contributed by atoms with E-state index in [1.807, 2.05) is 0 Å².